The lowest BCUT2D eigenvalue weighted by Gasteiger charge is -2.26. The van der Waals surface area contributed by atoms with Crippen molar-refractivity contribution in [2.45, 2.75) is 24.2 Å². The van der Waals surface area contributed by atoms with E-state index in [-0.39, 0.29) is 10.0 Å². The summed E-state index contributed by atoms with van der Waals surface area (Å²) in [5.74, 6) is 0.550. The van der Waals surface area contributed by atoms with Crippen molar-refractivity contribution in [3.8, 4) is 5.75 Å². The molecular formula is C20H24N4O4S2. The number of piperidine rings is 1. The second-order valence-corrected chi connectivity index (χ2v) is 9.12. The van der Waals surface area contributed by atoms with Gasteiger partial charge in [-0.1, -0.05) is 12.5 Å². The van der Waals surface area contributed by atoms with E-state index >= 15 is 0 Å². The molecule has 1 saturated heterocycles. The number of nitrogens with zero attached hydrogens (tertiary/aromatic N) is 2. The van der Waals surface area contributed by atoms with Crippen molar-refractivity contribution >= 4 is 44.8 Å². The second-order valence-electron chi connectivity index (χ2n) is 6.79. The van der Waals surface area contributed by atoms with Crippen LogP contribution in [0.5, 0.6) is 5.75 Å². The van der Waals surface area contributed by atoms with E-state index in [2.05, 4.69) is 5.32 Å². The van der Waals surface area contributed by atoms with Gasteiger partial charge in [0, 0.05) is 24.8 Å². The average Bonchev–Trinajstić information content (AvgIpc) is 2.75. The highest BCUT2D eigenvalue weighted by atomic mass is 32.2. The summed E-state index contributed by atoms with van der Waals surface area (Å²) in [7, 11) is -2.00. The number of ether oxygens (including phenoxy) is 1. The molecule has 10 heteroatoms. The van der Waals surface area contributed by atoms with Crippen molar-refractivity contribution in [3.05, 3.63) is 48.5 Å². The number of rotatable bonds is 5. The molecule has 2 aromatic rings. The summed E-state index contributed by atoms with van der Waals surface area (Å²) in [5, 5.41) is 2.98. The summed E-state index contributed by atoms with van der Waals surface area (Å²) >= 11 is 5.35. The third kappa shape index (κ3) is 4.89. The minimum atomic E-state index is -3.51. The quantitative estimate of drug-likeness (QED) is 0.681. The van der Waals surface area contributed by atoms with E-state index in [9.17, 15) is 13.2 Å². The van der Waals surface area contributed by atoms with Gasteiger partial charge in [0.05, 0.1) is 17.7 Å². The number of anilines is 2. The molecule has 2 amide bonds. The maximum atomic E-state index is 12.8. The number of primary amides is 1. The van der Waals surface area contributed by atoms with Crippen LogP contribution in [0.2, 0.25) is 0 Å². The van der Waals surface area contributed by atoms with E-state index in [4.69, 9.17) is 22.7 Å². The van der Waals surface area contributed by atoms with Gasteiger partial charge in [0.2, 0.25) is 10.0 Å². The summed E-state index contributed by atoms with van der Waals surface area (Å²) in [6.45, 7) is 1.08. The van der Waals surface area contributed by atoms with Crippen molar-refractivity contribution in [1.29, 1.82) is 0 Å². The molecule has 0 spiro atoms. The summed E-state index contributed by atoms with van der Waals surface area (Å²) in [6.07, 6.45) is 2.80. The van der Waals surface area contributed by atoms with Crippen molar-refractivity contribution in [1.82, 2.24) is 4.31 Å². The number of thiocarbonyl (C=S) groups is 1. The van der Waals surface area contributed by atoms with E-state index in [0.717, 1.165) is 24.2 Å². The van der Waals surface area contributed by atoms with Gasteiger partial charge in [-0.15, -0.1) is 0 Å². The van der Waals surface area contributed by atoms with Gasteiger partial charge in [-0.05, 0) is 61.5 Å². The van der Waals surface area contributed by atoms with Crippen LogP contribution < -0.4 is 20.7 Å². The maximum absolute atomic E-state index is 12.8. The molecule has 30 heavy (non-hydrogen) atoms. The number of hydrogen-bond acceptors (Lipinski definition) is 5. The lowest BCUT2D eigenvalue weighted by Crippen LogP contribution is -2.43. The van der Waals surface area contributed by atoms with Crippen LogP contribution in [0.1, 0.15) is 19.3 Å². The largest absolute Gasteiger partial charge is 0.497 e. The first-order valence-electron chi connectivity index (χ1n) is 9.48. The second kappa shape index (κ2) is 9.41. The van der Waals surface area contributed by atoms with E-state index in [1.54, 1.807) is 36.4 Å². The minimum Gasteiger partial charge on any atom is -0.497 e. The average molecular weight is 449 g/mol. The molecule has 2 aromatic carbocycles. The molecule has 8 nitrogen and oxygen atoms in total. The topological polar surface area (TPSA) is 105 Å². The Morgan fingerprint density at radius 1 is 1.13 bits per heavy atom. The molecule has 0 aromatic heterocycles. The first-order valence-corrected chi connectivity index (χ1v) is 11.3. The van der Waals surface area contributed by atoms with Gasteiger partial charge in [0.15, 0.2) is 5.11 Å². The molecule has 0 saturated carbocycles. The Hall–Kier alpha value is -2.69. The van der Waals surface area contributed by atoms with Crippen LogP contribution in [-0.2, 0) is 10.0 Å². The van der Waals surface area contributed by atoms with Crippen LogP contribution in [0.4, 0.5) is 16.2 Å². The predicted molar refractivity (Wildman–Crippen MR) is 120 cm³/mol. The SMILES string of the molecule is COc1cccc(N(C(N)=O)C(=S)Nc2ccc(S(=O)(=O)N3CCCCC3)cc2)c1. The third-order valence-corrected chi connectivity index (χ3v) is 6.99. The van der Waals surface area contributed by atoms with Crippen LogP contribution >= 0.6 is 12.2 Å². The van der Waals surface area contributed by atoms with E-state index < -0.39 is 16.1 Å². The number of carbonyl (C=O) groups is 1. The summed E-state index contributed by atoms with van der Waals surface area (Å²) in [6, 6.07) is 12.3. The fourth-order valence-corrected chi connectivity index (χ4v) is 5.07. The van der Waals surface area contributed by atoms with Crippen LogP contribution in [-0.4, -0.2) is 44.1 Å². The number of nitrogens with two attached hydrogens (primary N) is 1. The number of methoxy groups -OCH3 is 1. The first kappa shape index (κ1) is 22.0. The lowest BCUT2D eigenvalue weighted by atomic mass is 10.2. The summed E-state index contributed by atoms with van der Waals surface area (Å²) in [4.78, 5) is 13.3. The highest BCUT2D eigenvalue weighted by Crippen LogP contribution is 2.24. The fourth-order valence-electron chi connectivity index (χ4n) is 3.24. The zero-order chi connectivity index (χ0) is 21.7. The Balaban J connectivity index is 1.76. The van der Waals surface area contributed by atoms with Gasteiger partial charge < -0.3 is 15.8 Å². The lowest BCUT2D eigenvalue weighted by molar-refractivity contribution is 0.256. The molecule has 0 radical (unpaired) electrons. The van der Waals surface area contributed by atoms with Gasteiger partial charge in [-0.3, -0.25) is 0 Å². The molecule has 0 atom stereocenters. The molecular weight excluding hydrogens is 424 g/mol. The third-order valence-electron chi connectivity index (χ3n) is 4.79. The number of carbonyl (C=O) groups excluding carboxylic acids is 1. The zero-order valence-electron chi connectivity index (χ0n) is 16.6. The molecule has 1 aliphatic rings. The number of hydrogen-bond donors (Lipinski definition) is 2. The van der Waals surface area contributed by atoms with Gasteiger partial charge in [-0.25, -0.2) is 18.1 Å². The highest BCUT2D eigenvalue weighted by Gasteiger charge is 2.26. The van der Waals surface area contributed by atoms with Crippen molar-refractivity contribution < 1.29 is 17.9 Å². The minimum absolute atomic E-state index is 0.0578. The smallest absolute Gasteiger partial charge is 0.325 e. The van der Waals surface area contributed by atoms with Gasteiger partial charge in [-0.2, -0.15) is 4.31 Å². The molecule has 1 heterocycles. The summed E-state index contributed by atoms with van der Waals surface area (Å²) < 4.78 is 32.2. The Morgan fingerprint density at radius 2 is 1.80 bits per heavy atom. The maximum Gasteiger partial charge on any atom is 0.325 e. The molecule has 160 valence electrons. The van der Waals surface area contributed by atoms with E-state index in [1.807, 2.05) is 0 Å². The highest BCUT2D eigenvalue weighted by molar-refractivity contribution is 7.89. The van der Waals surface area contributed by atoms with Gasteiger partial charge in [0.25, 0.3) is 0 Å². The Bertz CT molecular complexity index is 1020. The number of amides is 2. The molecule has 1 aliphatic heterocycles. The molecule has 1 fully saturated rings. The first-order chi connectivity index (χ1) is 14.3. The number of urea groups is 1. The number of sulfonamides is 1. The fraction of sp³-hybridized carbons (Fsp3) is 0.300. The number of benzene rings is 2. The standard InChI is InChI=1S/C20H24N4O4S2/c1-28-17-7-5-6-16(14-17)24(19(21)25)20(29)22-15-8-10-18(11-9-15)30(26,27)23-12-3-2-4-13-23/h5-11,14H,2-4,12-13H2,1H3,(H2,21,25)(H,22,29). The molecule has 0 bridgehead atoms. The van der Waals surface area contributed by atoms with Crippen molar-refractivity contribution in [2.75, 3.05) is 30.4 Å². The predicted octanol–water partition coefficient (Wildman–Crippen LogP) is 3.15. The molecule has 3 N–H and O–H groups in total. The monoisotopic (exact) mass is 448 g/mol. The van der Waals surface area contributed by atoms with Crippen LogP contribution in [0.25, 0.3) is 0 Å². The van der Waals surface area contributed by atoms with Gasteiger partial charge in [0.1, 0.15) is 5.75 Å². The molecule has 0 unspecified atom stereocenters. The van der Waals surface area contributed by atoms with Crippen LogP contribution in [0.3, 0.4) is 0 Å². The van der Waals surface area contributed by atoms with E-state index in [1.165, 1.54) is 23.5 Å². The van der Waals surface area contributed by atoms with Crippen molar-refractivity contribution in [2.24, 2.45) is 5.73 Å². The van der Waals surface area contributed by atoms with Crippen LogP contribution in [0, 0.1) is 0 Å². The molecule has 3 rings (SSSR count). The normalized spacial score (nSPS) is 14.7. The molecule has 0 aliphatic carbocycles. The summed E-state index contributed by atoms with van der Waals surface area (Å²) in [5.41, 5.74) is 6.49. The Morgan fingerprint density at radius 3 is 2.40 bits per heavy atom. The van der Waals surface area contributed by atoms with Crippen molar-refractivity contribution in [3.63, 3.8) is 0 Å². The Labute approximate surface area is 181 Å². The zero-order valence-corrected chi connectivity index (χ0v) is 18.2. The van der Waals surface area contributed by atoms with E-state index in [0.29, 0.717) is 30.2 Å². The van der Waals surface area contributed by atoms with Gasteiger partial charge >= 0.3 is 6.03 Å². The Kier molecular flexibility index (Phi) is 6.91. The van der Waals surface area contributed by atoms with Crippen LogP contribution in [0.15, 0.2) is 53.4 Å². The number of nitrogens with one attached hydrogen (secondary N) is 1.